The highest BCUT2D eigenvalue weighted by Crippen LogP contribution is 2.15. The molecule has 158 valence electrons. The van der Waals surface area contributed by atoms with Gasteiger partial charge in [-0.25, -0.2) is 18.1 Å². The summed E-state index contributed by atoms with van der Waals surface area (Å²) in [5.74, 6) is 1.77. The van der Waals surface area contributed by atoms with Crippen LogP contribution in [0.3, 0.4) is 0 Å². The van der Waals surface area contributed by atoms with Crippen LogP contribution in [0.2, 0.25) is 0 Å². The number of fused-ring (bicyclic) bond motifs is 1. The van der Waals surface area contributed by atoms with Gasteiger partial charge < -0.3 is 15.2 Å². The second-order valence-corrected chi connectivity index (χ2v) is 8.19. The molecule has 0 radical (unpaired) electrons. The van der Waals surface area contributed by atoms with Gasteiger partial charge in [-0.1, -0.05) is 12.1 Å². The zero-order chi connectivity index (χ0) is 19.7. The number of sulfonamides is 1. The van der Waals surface area contributed by atoms with Crippen molar-refractivity contribution in [3.63, 3.8) is 0 Å². The quantitative estimate of drug-likeness (QED) is 0.192. The third-order valence-electron chi connectivity index (χ3n) is 4.01. The van der Waals surface area contributed by atoms with Crippen LogP contribution in [0, 0.1) is 6.92 Å². The van der Waals surface area contributed by atoms with E-state index in [2.05, 4.69) is 36.0 Å². The number of benzene rings is 1. The largest absolute Gasteiger partial charge is 0.357 e. The second kappa shape index (κ2) is 12.2. The Morgan fingerprint density at radius 3 is 2.64 bits per heavy atom. The van der Waals surface area contributed by atoms with Gasteiger partial charge in [0.15, 0.2) is 5.96 Å². The van der Waals surface area contributed by atoms with Crippen LogP contribution >= 0.6 is 24.0 Å². The molecule has 0 fully saturated rings. The zero-order valence-electron chi connectivity index (χ0n) is 16.7. The molecule has 0 unspecified atom stereocenters. The lowest BCUT2D eigenvalue weighted by atomic mass is 10.3. The minimum Gasteiger partial charge on any atom is -0.357 e. The first-order chi connectivity index (χ1) is 12.9. The molecule has 0 amide bonds. The van der Waals surface area contributed by atoms with Gasteiger partial charge in [-0.15, -0.1) is 24.0 Å². The Hall–Kier alpha value is -1.40. The molecule has 1 aromatic carbocycles. The van der Waals surface area contributed by atoms with Crippen LogP contribution in [0.15, 0.2) is 29.3 Å². The average molecular weight is 522 g/mol. The van der Waals surface area contributed by atoms with E-state index in [1.807, 2.05) is 32.0 Å². The molecule has 1 aromatic heterocycles. The number of imidazole rings is 1. The van der Waals surface area contributed by atoms with Crippen LogP contribution in [0.1, 0.15) is 25.6 Å². The molecular formula is C18H31IN6O2S. The van der Waals surface area contributed by atoms with Gasteiger partial charge in [-0.2, -0.15) is 0 Å². The maximum atomic E-state index is 11.0. The monoisotopic (exact) mass is 522 g/mol. The highest BCUT2D eigenvalue weighted by atomic mass is 127. The molecule has 3 N–H and O–H groups in total. The SMILES string of the molecule is CCNC(=NCCCn1c(C)nc2ccccc21)NCCCNS(C)(=O)=O.I. The lowest BCUT2D eigenvalue weighted by Gasteiger charge is -2.11. The van der Waals surface area contributed by atoms with Gasteiger partial charge in [-0.3, -0.25) is 4.99 Å². The van der Waals surface area contributed by atoms with Crippen LogP contribution in [-0.4, -0.2) is 56.4 Å². The highest BCUT2D eigenvalue weighted by Gasteiger charge is 2.06. The van der Waals surface area contributed by atoms with E-state index in [1.54, 1.807) is 0 Å². The summed E-state index contributed by atoms with van der Waals surface area (Å²) in [5, 5.41) is 6.43. The van der Waals surface area contributed by atoms with E-state index in [9.17, 15) is 8.42 Å². The fraction of sp³-hybridized carbons (Fsp3) is 0.556. The van der Waals surface area contributed by atoms with E-state index in [-0.39, 0.29) is 24.0 Å². The standard InChI is InChI=1S/C18H30N6O2S.HI/c1-4-19-18(20-11-7-13-22-27(3,25)26)21-12-8-14-24-15(2)23-16-9-5-6-10-17(16)24;/h5-6,9-10,22H,4,7-8,11-14H2,1-3H3,(H2,19,20,21);1H. The summed E-state index contributed by atoms with van der Waals surface area (Å²) in [6.07, 6.45) is 2.77. The van der Waals surface area contributed by atoms with Gasteiger partial charge in [0.1, 0.15) is 5.82 Å². The van der Waals surface area contributed by atoms with E-state index in [0.29, 0.717) is 26.1 Å². The lowest BCUT2D eigenvalue weighted by molar-refractivity contribution is 0.584. The first-order valence-electron chi connectivity index (χ1n) is 9.29. The number of nitrogens with zero attached hydrogens (tertiary/aromatic N) is 3. The molecule has 0 aliphatic rings. The molecule has 1 heterocycles. The van der Waals surface area contributed by atoms with Crippen LogP contribution in [0.25, 0.3) is 11.0 Å². The fourth-order valence-corrected chi connectivity index (χ4v) is 3.31. The number of aryl methyl sites for hydroxylation is 2. The van der Waals surface area contributed by atoms with Crippen LogP contribution < -0.4 is 15.4 Å². The predicted octanol–water partition coefficient (Wildman–Crippen LogP) is 1.85. The summed E-state index contributed by atoms with van der Waals surface area (Å²) < 4.78 is 26.8. The van der Waals surface area contributed by atoms with E-state index in [1.165, 1.54) is 0 Å². The van der Waals surface area contributed by atoms with E-state index in [4.69, 9.17) is 0 Å². The Morgan fingerprint density at radius 2 is 1.93 bits per heavy atom. The molecule has 28 heavy (non-hydrogen) atoms. The molecule has 8 nitrogen and oxygen atoms in total. The van der Waals surface area contributed by atoms with Crippen molar-refractivity contribution in [1.29, 1.82) is 0 Å². The van der Waals surface area contributed by atoms with Crippen LogP contribution in [0.5, 0.6) is 0 Å². The maximum absolute atomic E-state index is 11.0. The fourth-order valence-electron chi connectivity index (χ4n) is 2.79. The predicted molar refractivity (Wildman–Crippen MR) is 126 cm³/mol. The number of hydrogen-bond acceptors (Lipinski definition) is 4. The molecular weight excluding hydrogens is 491 g/mol. The number of guanidine groups is 1. The van der Waals surface area contributed by atoms with Crippen molar-refractivity contribution in [3.8, 4) is 0 Å². The Balaban J connectivity index is 0.00000392. The number of hydrogen-bond donors (Lipinski definition) is 3. The van der Waals surface area contributed by atoms with Crippen molar-refractivity contribution in [2.24, 2.45) is 4.99 Å². The Morgan fingerprint density at radius 1 is 1.18 bits per heavy atom. The number of aromatic nitrogens is 2. The van der Waals surface area contributed by atoms with E-state index >= 15 is 0 Å². The normalized spacial score (nSPS) is 12.0. The van der Waals surface area contributed by atoms with Crippen molar-refractivity contribution in [3.05, 3.63) is 30.1 Å². The zero-order valence-corrected chi connectivity index (χ0v) is 19.9. The molecule has 0 atom stereocenters. The van der Waals surface area contributed by atoms with Crippen LogP contribution in [-0.2, 0) is 16.6 Å². The molecule has 0 aliphatic carbocycles. The van der Waals surface area contributed by atoms with Crippen LogP contribution in [0.4, 0.5) is 0 Å². The van der Waals surface area contributed by atoms with Gasteiger partial charge >= 0.3 is 0 Å². The molecule has 0 spiro atoms. The number of para-hydroxylation sites is 2. The number of rotatable bonds is 10. The van der Waals surface area contributed by atoms with Crippen molar-refractivity contribution < 1.29 is 8.42 Å². The summed E-state index contributed by atoms with van der Waals surface area (Å²) in [4.78, 5) is 9.18. The second-order valence-electron chi connectivity index (χ2n) is 6.36. The molecule has 10 heteroatoms. The van der Waals surface area contributed by atoms with E-state index < -0.39 is 10.0 Å². The summed E-state index contributed by atoms with van der Waals surface area (Å²) >= 11 is 0. The summed E-state index contributed by atoms with van der Waals surface area (Å²) in [6.45, 7) is 7.45. The third kappa shape index (κ3) is 8.31. The van der Waals surface area contributed by atoms with Gasteiger partial charge in [0.25, 0.3) is 0 Å². The molecule has 2 aromatic rings. The minimum atomic E-state index is -3.12. The Labute approximate surface area is 184 Å². The smallest absolute Gasteiger partial charge is 0.208 e. The van der Waals surface area contributed by atoms with Crippen molar-refractivity contribution in [1.82, 2.24) is 24.9 Å². The number of nitrogens with one attached hydrogen (secondary N) is 3. The lowest BCUT2D eigenvalue weighted by Crippen LogP contribution is -2.38. The third-order valence-corrected chi connectivity index (χ3v) is 4.74. The molecule has 0 bridgehead atoms. The van der Waals surface area contributed by atoms with Crippen molar-refractivity contribution in [2.75, 3.05) is 32.4 Å². The van der Waals surface area contributed by atoms with Crippen molar-refractivity contribution >= 4 is 51.0 Å². The van der Waals surface area contributed by atoms with Gasteiger partial charge in [0.2, 0.25) is 10.0 Å². The molecule has 2 rings (SSSR count). The number of aliphatic imine (C=N–C) groups is 1. The summed E-state index contributed by atoms with van der Waals surface area (Å²) in [5.41, 5.74) is 2.18. The van der Waals surface area contributed by atoms with Crippen molar-refractivity contribution in [2.45, 2.75) is 33.2 Å². The molecule has 0 saturated carbocycles. The summed E-state index contributed by atoms with van der Waals surface area (Å²) in [6, 6.07) is 8.16. The first-order valence-corrected chi connectivity index (χ1v) is 11.2. The summed E-state index contributed by atoms with van der Waals surface area (Å²) in [7, 11) is -3.12. The maximum Gasteiger partial charge on any atom is 0.208 e. The Kier molecular flexibility index (Phi) is 10.8. The molecule has 0 saturated heterocycles. The average Bonchev–Trinajstić information content (AvgIpc) is 2.92. The van der Waals surface area contributed by atoms with Gasteiger partial charge in [0, 0.05) is 32.7 Å². The Bertz CT molecular complexity index is 866. The minimum absolute atomic E-state index is 0. The molecule has 0 aliphatic heterocycles. The van der Waals surface area contributed by atoms with Gasteiger partial charge in [0.05, 0.1) is 17.3 Å². The highest BCUT2D eigenvalue weighted by molar-refractivity contribution is 14.0. The van der Waals surface area contributed by atoms with E-state index in [0.717, 1.165) is 48.6 Å². The topological polar surface area (TPSA) is 100 Å². The first kappa shape index (κ1) is 24.6. The number of halogens is 1. The van der Waals surface area contributed by atoms with Gasteiger partial charge in [-0.05, 0) is 38.8 Å².